The number of alkyl halides is 3. The first kappa shape index (κ1) is 14.6. The van der Waals surface area contributed by atoms with Gasteiger partial charge in [-0.1, -0.05) is 0 Å². The van der Waals surface area contributed by atoms with Gasteiger partial charge >= 0.3 is 6.18 Å². The van der Waals surface area contributed by atoms with Crippen LogP contribution in [-0.2, 0) is 15.7 Å². The number of aromatic amines is 1. The number of nitrogens with one attached hydrogen (secondary N) is 2. The third kappa shape index (κ3) is 3.60. The molecular weight excluding hydrogens is 277 g/mol. The molecule has 2 N–H and O–H groups in total. The van der Waals surface area contributed by atoms with Gasteiger partial charge in [0.25, 0.3) is 5.56 Å². The highest BCUT2D eigenvalue weighted by molar-refractivity contribution is 5.90. The van der Waals surface area contributed by atoms with E-state index in [-0.39, 0.29) is 12.5 Å². The fourth-order valence-electron chi connectivity index (χ4n) is 1.95. The third-order valence-corrected chi connectivity index (χ3v) is 2.94. The smallest absolute Gasteiger partial charge is 0.378 e. The topological polar surface area (TPSA) is 71.2 Å². The molecule has 1 saturated heterocycles. The Morgan fingerprint density at radius 3 is 2.85 bits per heavy atom. The second-order valence-electron chi connectivity index (χ2n) is 4.52. The lowest BCUT2D eigenvalue weighted by molar-refractivity contribution is -0.137. The molecule has 20 heavy (non-hydrogen) atoms. The van der Waals surface area contributed by atoms with Gasteiger partial charge in [-0.3, -0.25) is 9.59 Å². The molecule has 0 unspecified atom stereocenters. The van der Waals surface area contributed by atoms with Gasteiger partial charge < -0.3 is 15.0 Å². The first-order chi connectivity index (χ1) is 9.36. The van der Waals surface area contributed by atoms with Crippen LogP contribution in [0.5, 0.6) is 0 Å². The maximum absolute atomic E-state index is 12.5. The number of pyridine rings is 1. The molecule has 1 fully saturated rings. The van der Waals surface area contributed by atoms with E-state index in [2.05, 4.69) is 5.32 Å². The van der Waals surface area contributed by atoms with Crippen molar-refractivity contribution in [2.45, 2.75) is 31.5 Å². The largest absolute Gasteiger partial charge is 0.417 e. The Morgan fingerprint density at radius 1 is 1.50 bits per heavy atom. The van der Waals surface area contributed by atoms with Crippen LogP contribution < -0.4 is 10.9 Å². The second-order valence-corrected chi connectivity index (χ2v) is 4.52. The second kappa shape index (κ2) is 5.66. The molecule has 1 aliphatic heterocycles. The number of hydrogen-bond donors (Lipinski definition) is 2. The first-order valence-electron chi connectivity index (χ1n) is 6.07. The van der Waals surface area contributed by atoms with Gasteiger partial charge in [-0.25, -0.2) is 0 Å². The summed E-state index contributed by atoms with van der Waals surface area (Å²) in [5.41, 5.74) is -2.22. The van der Waals surface area contributed by atoms with E-state index in [9.17, 15) is 22.8 Å². The summed E-state index contributed by atoms with van der Waals surface area (Å²) in [6.07, 6.45) is -2.65. The molecule has 8 heteroatoms. The molecule has 0 saturated carbocycles. The molecule has 1 amide bonds. The Kier molecular flexibility index (Phi) is 4.12. The minimum absolute atomic E-state index is 0.0235. The quantitative estimate of drug-likeness (QED) is 0.893. The van der Waals surface area contributed by atoms with Gasteiger partial charge in [0.05, 0.1) is 18.1 Å². The summed E-state index contributed by atoms with van der Waals surface area (Å²) in [6.45, 7) is 0.572. The summed E-state index contributed by atoms with van der Waals surface area (Å²) in [7, 11) is 0. The number of halogens is 3. The van der Waals surface area contributed by atoms with E-state index in [1.165, 1.54) is 0 Å². The number of amides is 1. The molecule has 2 rings (SSSR count). The van der Waals surface area contributed by atoms with Crippen LogP contribution in [0.25, 0.3) is 0 Å². The molecule has 110 valence electrons. The molecular formula is C12H13F3N2O3. The number of aromatic nitrogens is 1. The normalized spacial score (nSPS) is 19.1. The van der Waals surface area contributed by atoms with Crippen LogP contribution in [0.3, 0.4) is 0 Å². The van der Waals surface area contributed by atoms with Crippen LogP contribution in [0, 0.1) is 0 Å². The third-order valence-electron chi connectivity index (χ3n) is 2.94. The molecule has 1 aromatic heterocycles. The summed E-state index contributed by atoms with van der Waals surface area (Å²) in [4.78, 5) is 25.0. The van der Waals surface area contributed by atoms with E-state index in [0.717, 1.165) is 12.8 Å². The summed E-state index contributed by atoms with van der Waals surface area (Å²) < 4.78 is 42.8. The van der Waals surface area contributed by atoms with Crippen molar-refractivity contribution in [3.63, 3.8) is 0 Å². The van der Waals surface area contributed by atoms with Gasteiger partial charge in [0.15, 0.2) is 0 Å². The van der Waals surface area contributed by atoms with Gasteiger partial charge in [0, 0.05) is 12.8 Å². The first-order valence-corrected chi connectivity index (χ1v) is 6.07. The van der Waals surface area contributed by atoms with Crippen LogP contribution in [0.4, 0.5) is 18.9 Å². The number of hydrogen-bond acceptors (Lipinski definition) is 3. The Labute approximate surface area is 112 Å². The van der Waals surface area contributed by atoms with E-state index in [1.54, 1.807) is 0 Å². The molecule has 0 aliphatic carbocycles. The number of rotatable bonds is 3. The minimum atomic E-state index is -4.59. The van der Waals surface area contributed by atoms with Crippen molar-refractivity contribution < 1.29 is 22.7 Å². The van der Waals surface area contributed by atoms with Gasteiger partial charge in [-0.15, -0.1) is 0 Å². The Balaban J connectivity index is 2.08. The summed E-state index contributed by atoms with van der Waals surface area (Å²) in [5.74, 6) is -0.540. The number of carbonyl (C=O) groups excluding carboxylic acids is 1. The van der Waals surface area contributed by atoms with Crippen LogP contribution in [0.15, 0.2) is 17.1 Å². The monoisotopic (exact) mass is 290 g/mol. The average molecular weight is 290 g/mol. The highest BCUT2D eigenvalue weighted by atomic mass is 19.4. The van der Waals surface area contributed by atoms with Gasteiger partial charge in [-0.05, 0) is 18.9 Å². The van der Waals surface area contributed by atoms with Crippen molar-refractivity contribution in [3.8, 4) is 0 Å². The number of ether oxygens (including phenoxy) is 1. The van der Waals surface area contributed by atoms with Crippen LogP contribution in [0.1, 0.15) is 24.8 Å². The average Bonchev–Trinajstić information content (AvgIpc) is 2.83. The minimum Gasteiger partial charge on any atom is -0.378 e. The molecule has 2 heterocycles. The van der Waals surface area contributed by atoms with Crippen LogP contribution in [0.2, 0.25) is 0 Å². The number of carbonyl (C=O) groups is 1. The van der Waals surface area contributed by atoms with E-state index >= 15 is 0 Å². The molecule has 1 aromatic rings. The standard InChI is InChI=1S/C12H13F3N2O3/c13-12(14,15)7-4-9(11(19)16-6-7)17-10(18)5-8-2-1-3-20-8/h4,6,8H,1-3,5H2,(H,16,19)(H,17,18)/t8-/m1/s1. The fraction of sp³-hybridized carbons (Fsp3) is 0.500. The molecule has 0 bridgehead atoms. The summed E-state index contributed by atoms with van der Waals surface area (Å²) >= 11 is 0. The Bertz CT molecular complexity index is 548. The molecule has 0 spiro atoms. The van der Waals surface area contributed by atoms with Crippen molar-refractivity contribution in [1.82, 2.24) is 4.98 Å². The Hall–Kier alpha value is -1.83. The lowest BCUT2D eigenvalue weighted by Crippen LogP contribution is -2.24. The zero-order valence-corrected chi connectivity index (χ0v) is 10.4. The summed E-state index contributed by atoms with van der Waals surface area (Å²) in [5, 5.41) is 2.19. The zero-order chi connectivity index (χ0) is 14.8. The lowest BCUT2D eigenvalue weighted by atomic mass is 10.1. The maximum atomic E-state index is 12.5. The molecule has 1 atom stereocenters. The van der Waals surface area contributed by atoms with Crippen molar-refractivity contribution in [1.29, 1.82) is 0 Å². The Morgan fingerprint density at radius 2 is 2.25 bits per heavy atom. The zero-order valence-electron chi connectivity index (χ0n) is 10.4. The van der Waals surface area contributed by atoms with Gasteiger partial charge in [0.2, 0.25) is 5.91 Å². The van der Waals surface area contributed by atoms with Crippen molar-refractivity contribution in [2.24, 2.45) is 0 Å². The van der Waals surface area contributed by atoms with Crippen molar-refractivity contribution in [2.75, 3.05) is 11.9 Å². The van der Waals surface area contributed by atoms with Crippen molar-refractivity contribution >= 4 is 11.6 Å². The number of H-pyrrole nitrogens is 1. The highest BCUT2D eigenvalue weighted by Crippen LogP contribution is 2.29. The van der Waals surface area contributed by atoms with E-state index in [4.69, 9.17) is 4.74 Å². The fourth-order valence-corrected chi connectivity index (χ4v) is 1.95. The molecule has 1 aliphatic rings. The predicted octanol–water partition coefficient (Wildman–Crippen LogP) is 1.90. The predicted molar refractivity (Wildman–Crippen MR) is 64.3 cm³/mol. The van der Waals surface area contributed by atoms with Crippen LogP contribution >= 0.6 is 0 Å². The van der Waals surface area contributed by atoms with Gasteiger partial charge in [-0.2, -0.15) is 13.2 Å². The van der Waals surface area contributed by atoms with Gasteiger partial charge in [0.1, 0.15) is 5.69 Å². The number of anilines is 1. The van der Waals surface area contributed by atoms with E-state index < -0.39 is 28.9 Å². The SMILES string of the molecule is O=C(C[C@H]1CCCO1)Nc1cc(C(F)(F)F)c[nH]c1=O. The van der Waals surface area contributed by atoms with Crippen molar-refractivity contribution in [3.05, 3.63) is 28.2 Å². The summed E-state index contributed by atoms with van der Waals surface area (Å²) in [6, 6.07) is 0.617. The van der Waals surface area contributed by atoms with E-state index in [0.29, 0.717) is 18.9 Å². The highest BCUT2D eigenvalue weighted by Gasteiger charge is 2.31. The molecule has 5 nitrogen and oxygen atoms in total. The lowest BCUT2D eigenvalue weighted by Gasteiger charge is -2.11. The molecule has 0 aromatic carbocycles. The van der Waals surface area contributed by atoms with Crippen LogP contribution in [-0.4, -0.2) is 23.6 Å². The molecule has 0 radical (unpaired) electrons. The maximum Gasteiger partial charge on any atom is 0.417 e. The van der Waals surface area contributed by atoms with E-state index in [1.807, 2.05) is 4.98 Å².